The number of benzene rings is 3. The van der Waals surface area contributed by atoms with E-state index in [1.165, 1.54) is 11.8 Å². The fourth-order valence-corrected chi connectivity index (χ4v) is 4.51. The second kappa shape index (κ2) is 8.85. The van der Waals surface area contributed by atoms with Crippen molar-refractivity contribution >= 4 is 11.8 Å². The Morgan fingerprint density at radius 2 is 1.83 bits per heavy atom. The van der Waals surface area contributed by atoms with Crippen LogP contribution in [-0.4, -0.2) is 6.79 Å². The van der Waals surface area contributed by atoms with Crippen molar-refractivity contribution in [1.29, 1.82) is 0 Å². The number of aryl methyl sites for hydroxylation is 1. The highest BCUT2D eigenvalue weighted by atomic mass is 32.2. The smallest absolute Gasteiger partial charge is 0.231 e. The molecule has 0 radical (unpaired) electrons. The molecule has 1 unspecified atom stereocenters. The van der Waals surface area contributed by atoms with E-state index in [0.717, 1.165) is 46.8 Å². The van der Waals surface area contributed by atoms with Gasteiger partial charge in [0.15, 0.2) is 11.5 Å². The van der Waals surface area contributed by atoms with Gasteiger partial charge in [-0.2, -0.15) is 0 Å². The van der Waals surface area contributed by atoms with Gasteiger partial charge < -0.3 is 9.47 Å². The van der Waals surface area contributed by atoms with Gasteiger partial charge in [0.25, 0.3) is 0 Å². The predicted molar refractivity (Wildman–Crippen MR) is 119 cm³/mol. The topological polar surface area (TPSA) is 18.5 Å². The normalized spacial score (nSPS) is 14.2. The molecule has 0 N–H and O–H groups in total. The van der Waals surface area contributed by atoms with Gasteiger partial charge in [-0.1, -0.05) is 48.0 Å². The number of rotatable bonds is 7. The first kappa shape index (κ1) is 20.4. The van der Waals surface area contributed by atoms with Gasteiger partial charge >= 0.3 is 0 Å². The lowest BCUT2D eigenvalue weighted by molar-refractivity contribution is 0.174. The monoisotopic (exact) mass is 418 g/mol. The summed E-state index contributed by atoms with van der Waals surface area (Å²) >= 11 is 1.45. The maximum atomic E-state index is 14.3. The van der Waals surface area contributed by atoms with Crippen LogP contribution in [0.3, 0.4) is 0 Å². The average molecular weight is 419 g/mol. The molecule has 152 valence electrons. The number of halogens is 1. The van der Waals surface area contributed by atoms with Gasteiger partial charge in [0.05, 0.1) is 5.41 Å². The average Bonchev–Trinajstić information content (AvgIpc) is 3.24. The second-order valence-electron chi connectivity index (χ2n) is 7.58. The molecular weight excluding hydrogens is 395 g/mol. The van der Waals surface area contributed by atoms with E-state index >= 15 is 0 Å². The van der Waals surface area contributed by atoms with Crippen molar-refractivity contribution in [2.45, 2.75) is 41.4 Å². The highest BCUT2D eigenvalue weighted by molar-refractivity contribution is 7.99. The van der Waals surface area contributed by atoms with Gasteiger partial charge in [0, 0.05) is 9.79 Å². The minimum absolute atomic E-state index is 0.193. The predicted octanol–water partition coefficient (Wildman–Crippen LogP) is 6.62. The van der Waals surface area contributed by atoms with Crippen LogP contribution in [0.25, 0.3) is 0 Å². The number of hydrogen-bond acceptors (Lipinski definition) is 3. The summed E-state index contributed by atoms with van der Waals surface area (Å²) in [6.45, 7) is 2.32. The van der Waals surface area contributed by atoms with Crippen LogP contribution >= 0.6 is 11.8 Å². The Morgan fingerprint density at radius 3 is 2.63 bits per heavy atom. The van der Waals surface area contributed by atoms with Gasteiger partial charge in [-0.15, -0.1) is 6.42 Å². The molecule has 3 aromatic rings. The molecule has 0 aromatic heterocycles. The minimum Gasteiger partial charge on any atom is -0.454 e. The molecule has 0 saturated carbocycles. The zero-order valence-electron chi connectivity index (χ0n) is 16.9. The molecule has 4 rings (SSSR count). The summed E-state index contributed by atoms with van der Waals surface area (Å²) in [4.78, 5) is 1.67. The van der Waals surface area contributed by atoms with E-state index in [9.17, 15) is 4.39 Å². The Kier molecular flexibility index (Phi) is 6.01. The number of hydrogen-bond donors (Lipinski definition) is 0. The van der Waals surface area contributed by atoms with E-state index in [2.05, 4.69) is 12.8 Å². The Balaban J connectivity index is 1.43. The second-order valence-corrected chi connectivity index (χ2v) is 8.69. The fourth-order valence-electron chi connectivity index (χ4n) is 3.58. The van der Waals surface area contributed by atoms with Crippen LogP contribution < -0.4 is 9.47 Å². The van der Waals surface area contributed by atoms with Crippen LogP contribution in [0.4, 0.5) is 4.39 Å². The highest BCUT2D eigenvalue weighted by Crippen LogP contribution is 2.38. The first-order chi connectivity index (χ1) is 14.6. The van der Waals surface area contributed by atoms with E-state index in [-0.39, 0.29) is 12.6 Å². The Hall–Kier alpha value is -2.90. The third-order valence-electron chi connectivity index (χ3n) is 5.44. The molecule has 0 amide bonds. The molecule has 1 aliphatic rings. The molecule has 0 fully saturated rings. The summed E-state index contributed by atoms with van der Waals surface area (Å²) in [5, 5.41) is 0. The van der Waals surface area contributed by atoms with Crippen LogP contribution in [0.5, 0.6) is 11.5 Å². The maximum Gasteiger partial charge on any atom is 0.231 e. The lowest BCUT2D eigenvalue weighted by atomic mass is 9.78. The van der Waals surface area contributed by atoms with Crippen LogP contribution in [0.2, 0.25) is 0 Å². The van der Waals surface area contributed by atoms with Crippen molar-refractivity contribution in [2.75, 3.05) is 6.79 Å². The maximum absolute atomic E-state index is 14.3. The molecule has 0 saturated heterocycles. The summed E-state index contributed by atoms with van der Waals surface area (Å²) in [6, 6.07) is 21.1. The van der Waals surface area contributed by atoms with Gasteiger partial charge in [-0.3, -0.25) is 0 Å². The molecule has 3 aromatic carbocycles. The van der Waals surface area contributed by atoms with Crippen molar-refractivity contribution in [3.8, 4) is 23.8 Å². The van der Waals surface area contributed by atoms with E-state index < -0.39 is 5.41 Å². The Bertz CT molecular complexity index is 1070. The SMILES string of the molecule is C#CC(C)(CCCc1ccc(F)c(Sc2ccccc2)c1)c1ccc2c(c1)OCO2. The zero-order chi connectivity index (χ0) is 21.0. The van der Waals surface area contributed by atoms with E-state index in [1.54, 1.807) is 6.07 Å². The minimum atomic E-state index is -0.400. The third-order valence-corrected chi connectivity index (χ3v) is 6.48. The van der Waals surface area contributed by atoms with Gasteiger partial charge in [0.2, 0.25) is 6.79 Å². The highest BCUT2D eigenvalue weighted by Gasteiger charge is 2.26. The van der Waals surface area contributed by atoms with E-state index in [0.29, 0.717) is 4.90 Å². The molecule has 2 nitrogen and oxygen atoms in total. The molecule has 0 bridgehead atoms. The van der Waals surface area contributed by atoms with Crippen molar-refractivity contribution in [2.24, 2.45) is 0 Å². The van der Waals surface area contributed by atoms with Crippen LogP contribution in [-0.2, 0) is 11.8 Å². The Morgan fingerprint density at radius 1 is 1.03 bits per heavy atom. The van der Waals surface area contributed by atoms with Crippen LogP contribution in [0.15, 0.2) is 76.5 Å². The largest absolute Gasteiger partial charge is 0.454 e. The van der Waals surface area contributed by atoms with Crippen molar-refractivity contribution in [3.05, 3.63) is 83.7 Å². The number of terminal acetylenes is 1. The van der Waals surface area contributed by atoms with Crippen molar-refractivity contribution in [1.82, 2.24) is 0 Å². The van der Waals surface area contributed by atoms with Crippen molar-refractivity contribution in [3.63, 3.8) is 0 Å². The van der Waals surface area contributed by atoms with E-state index in [4.69, 9.17) is 15.9 Å². The van der Waals surface area contributed by atoms with Gasteiger partial charge in [-0.25, -0.2) is 4.39 Å². The summed E-state index contributed by atoms with van der Waals surface area (Å²) in [5.41, 5.74) is 1.76. The first-order valence-electron chi connectivity index (χ1n) is 9.97. The summed E-state index contributed by atoms with van der Waals surface area (Å²) in [5.74, 6) is 4.27. The molecule has 30 heavy (non-hydrogen) atoms. The summed E-state index contributed by atoms with van der Waals surface area (Å²) in [6.07, 6.45) is 8.48. The molecule has 4 heteroatoms. The molecule has 0 spiro atoms. The standard InChI is InChI=1S/C26H23FO2S/c1-3-26(2,20-12-14-23-24(17-20)29-18-28-23)15-7-8-19-11-13-22(27)25(16-19)30-21-9-5-4-6-10-21/h1,4-6,9-14,16-17H,7-8,15,18H2,2H3. The Labute approximate surface area is 181 Å². The summed E-state index contributed by atoms with van der Waals surface area (Å²) < 4.78 is 25.2. The third kappa shape index (κ3) is 4.47. The molecule has 1 aliphatic heterocycles. The lowest BCUT2D eigenvalue weighted by Gasteiger charge is -2.24. The molecule has 1 atom stereocenters. The fraction of sp³-hybridized carbons (Fsp3) is 0.231. The van der Waals surface area contributed by atoms with Crippen LogP contribution in [0, 0.1) is 18.2 Å². The number of fused-ring (bicyclic) bond motifs is 1. The summed E-state index contributed by atoms with van der Waals surface area (Å²) in [7, 11) is 0. The zero-order valence-corrected chi connectivity index (χ0v) is 17.7. The number of ether oxygens (including phenoxy) is 2. The van der Waals surface area contributed by atoms with E-state index in [1.807, 2.05) is 60.7 Å². The van der Waals surface area contributed by atoms with Gasteiger partial charge in [0.1, 0.15) is 5.82 Å². The molecule has 1 heterocycles. The molecule has 0 aliphatic carbocycles. The van der Waals surface area contributed by atoms with Crippen LogP contribution in [0.1, 0.15) is 30.9 Å². The van der Waals surface area contributed by atoms with Crippen molar-refractivity contribution < 1.29 is 13.9 Å². The quantitative estimate of drug-likeness (QED) is 0.402. The van der Waals surface area contributed by atoms with Gasteiger partial charge in [-0.05, 0) is 73.7 Å². The molecular formula is C26H23FO2S. The first-order valence-corrected chi connectivity index (χ1v) is 10.8. The lowest BCUT2D eigenvalue weighted by Crippen LogP contribution is -2.19.